The number of hydrazine groups is 1. The Morgan fingerprint density at radius 2 is 1.77 bits per heavy atom. The Morgan fingerprint density at radius 3 is 2.15 bits per heavy atom. The van der Waals surface area contributed by atoms with Crippen LogP contribution in [0.15, 0.2) is 5.28 Å². The second-order valence-electron chi connectivity index (χ2n) is 3.34. The van der Waals surface area contributed by atoms with Gasteiger partial charge in [0, 0.05) is 4.97 Å². The molecule has 0 aromatic carbocycles. The number of hydrogen-bond acceptors (Lipinski definition) is 3. The molecule has 0 saturated carbocycles. The van der Waals surface area contributed by atoms with Crippen LogP contribution in [-0.2, 0) is 0 Å². The summed E-state index contributed by atoms with van der Waals surface area (Å²) in [5, 5.41) is 24.8. The molecule has 1 aliphatic heterocycles. The van der Waals surface area contributed by atoms with Crippen LogP contribution in [-0.4, -0.2) is 22.1 Å². The fraction of sp³-hybridized carbons (Fsp3) is 1.00. The summed E-state index contributed by atoms with van der Waals surface area (Å²) >= 11 is 0. The number of rotatable bonds is 1. The molecule has 0 unspecified atom stereocenters. The van der Waals surface area contributed by atoms with E-state index in [2.05, 4.69) is 5.28 Å². The van der Waals surface area contributed by atoms with E-state index < -0.39 is 0 Å². The van der Waals surface area contributed by atoms with Gasteiger partial charge >= 0.3 is 29.6 Å². The fourth-order valence-corrected chi connectivity index (χ4v) is 1.79. The topological polar surface area (TPSA) is 64.7 Å². The summed E-state index contributed by atoms with van der Waals surface area (Å²) in [6.07, 6.45) is 3.03. The number of piperidine rings is 1. The van der Waals surface area contributed by atoms with E-state index in [4.69, 9.17) is 0 Å². The summed E-state index contributed by atoms with van der Waals surface area (Å²) in [6.45, 7) is 3.87. The smallest absolute Gasteiger partial charge is 0.737 e. The van der Waals surface area contributed by atoms with Crippen molar-refractivity contribution in [2.75, 3.05) is 0 Å². The normalized spacial score (nSPS) is 29.7. The van der Waals surface area contributed by atoms with Crippen molar-refractivity contribution in [3.63, 3.8) is 0 Å². The van der Waals surface area contributed by atoms with Crippen molar-refractivity contribution < 1.29 is 34.5 Å². The van der Waals surface area contributed by atoms with E-state index in [1.165, 1.54) is 5.01 Å². The van der Waals surface area contributed by atoms with E-state index in [1.807, 2.05) is 13.8 Å². The predicted octanol–water partition coefficient (Wildman–Crippen LogP) is -1.37. The van der Waals surface area contributed by atoms with Crippen LogP contribution in [0, 0.1) is 10.4 Å². The van der Waals surface area contributed by atoms with Crippen molar-refractivity contribution in [2.24, 2.45) is 5.28 Å². The molecule has 0 amide bonds. The average Bonchev–Trinajstić information content (AvgIpc) is 2.03. The van der Waals surface area contributed by atoms with Crippen LogP contribution in [0.2, 0.25) is 0 Å². The largest absolute Gasteiger partial charge is 1.00 e. The Balaban J connectivity index is 0.00000144. The van der Waals surface area contributed by atoms with Crippen LogP contribution < -0.4 is 29.6 Å². The van der Waals surface area contributed by atoms with Gasteiger partial charge < -0.3 is 10.4 Å². The second-order valence-corrected chi connectivity index (χ2v) is 3.34. The zero-order valence-electron chi connectivity index (χ0n) is 8.43. The van der Waals surface area contributed by atoms with Crippen molar-refractivity contribution >= 4 is 0 Å². The maximum atomic E-state index is 11.0. The van der Waals surface area contributed by atoms with Crippen LogP contribution in [0.1, 0.15) is 33.1 Å². The molecule has 1 aliphatic rings. The Kier molecular flexibility index (Phi) is 5.67. The Hall–Kier alpha value is 0. The van der Waals surface area contributed by atoms with E-state index in [0.29, 0.717) is 0 Å². The van der Waals surface area contributed by atoms with Gasteiger partial charge in [0.05, 0.1) is 12.1 Å². The molecule has 0 aromatic heterocycles. The number of nitrogens with zero attached hydrogens (tertiary/aromatic N) is 3. The molecule has 5 nitrogen and oxygen atoms in total. The van der Waals surface area contributed by atoms with Crippen molar-refractivity contribution in [3.8, 4) is 0 Å². The minimum absolute atomic E-state index is 0. The summed E-state index contributed by atoms with van der Waals surface area (Å²) in [4.78, 5) is 0.175. The van der Waals surface area contributed by atoms with E-state index in [0.717, 1.165) is 19.3 Å². The number of hydrogen-bond donors (Lipinski definition) is 0. The molecule has 70 valence electrons. The first-order valence-electron chi connectivity index (χ1n) is 4.25. The van der Waals surface area contributed by atoms with E-state index in [9.17, 15) is 10.4 Å². The summed E-state index contributed by atoms with van der Waals surface area (Å²) in [5.41, 5.74) is 0. The molecule has 1 heterocycles. The minimum Gasteiger partial charge on any atom is -0.737 e. The molecule has 1 fully saturated rings. The predicted molar refractivity (Wildman–Crippen MR) is 44.0 cm³/mol. The molecular weight excluding hydrogens is 181 g/mol. The third-order valence-corrected chi connectivity index (χ3v) is 2.41. The maximum absolute atomic E-state index is 11.0. The molecule has 1 rings (SSSR count). The van der Waals surface area contributed by atoms with E-state index in [1.54, 1.807) is 0 Å². The quantitative estimate of drug-likeness (QED) is 0.224. The maximum Gasteiger partial charge on any atom is 1.00 e. The first-order valence-corrected chi connectivity index (χ1v) is 4.25. The van der Waals surface area contributed by atoms with Crippen molar-refractivity contribution in [1.29, 1.82) is 0 Å². The summed E-state index contributed by atoms with van der Waals surface area (Å²) in [7, 11) is 0. The third-order valence-electron chi connectivity index (χ3n) is 2.41. The van der Waals surface area contributed by atoms with Crippen LogP contribution in [0.4, 0.5) is 0 Å². The third kappa shape index (κ3) is 3.00. The zero-order valence-corrected chi connectivity index (χ0v) is 10.4. The van der Waals surface area contributed by atoms with Gasteiger partial charge in [0.15, 0.2) is 0 Å². The fourth-order valence-electron chi connectivity index (χ4n) is 1.79. The van der Waals surface area contributed by atoms with Gasteiger partial charge in [-0.25, -0.2) is 0 Å². The molecular formula is C7H14N3NaO2. The van der Waals surface area contributed by atoms with Crippen LogP contribution >= 0.6 is 0 Å². The summed E-state index contributed by atoms with van der Waals surface area (Å²) in [6, 6.07) is 0.257. The minimum atomic E-state index is 0. The molecule has 0 aliphatic carbocycles. The van der Waals surface area contributed by atoms with Gasteiger partial charge in [-0.05, 0) is 38.4 Å². The van der Waals surface area contributed by atoms with Gasteiger partial charge in [0.1, 0.15) is 0 Å². The van der Waals surface area contributed by atoms with Crippen molar-refractivity contribution in [1.82, 2.24) is 5.01 Å². The Labute approximate surface area is 100 Å². The molecule has 2 atom stereocenters. The Morgan fingerprint density at radius 1 is 1.31 bits per heavy atom. The molecule has 1 saturated heterocycles. The van der Waals surface area contributed by atoms with Crippen LogP contribution in [0.5, 0.6) is 0 Å². The monoisotopic (exact) mass is 195 g/mol. The van der Waals surface area contributed by atoms with E-state index in [-0.39, 0.29) is 46.6 Å². The van der Waals surface area contributed by atoms with Crippen LogP contribution in [0.3, 0.4) is 0 Å². The standard InChI is InChI=1S/C7H15N3O2.Na/c1-6-4-3-5-7(2)9(6)10(12)8-11;/h6-7,11H,3-5H2,1-2H3;/q;+1/p-1/t6-,7+;. The molecule has 0 bridgehead atoms. The van der Waals surface area contributed by atoms with Gasteiger partial charge in [-0.15, -0.1) is 5.01 Å². The average molecular weight is 195 g/mol. The van der Waals surface area contributed by atoms with Gasteiger partial charge in [0.2, 0.25) is 0 Å². The molecule has 0 N–H and O–H groups in total. The Bertz CT molecular complexity index is 179. The van der Waals surface area contributed by atoms with Crippen molar-refractivity contribution in [3.05, 3.63) is 10.4 Å². The second kappa shape index (κ2) is 5.67. The zero-order chi connectivity index (χ0) is 9.14. The van der Waals surface area contributed by atoms with Crippen LogP contribution in [0.25, 0.3) is 0 Å². The van der Waals surface area contributed by atoms with E-state index >= 15 is 0 Å². The summed E-state index contributed by atoms with van der Waals surface area (Å²) in [5.74, 6) is 0. The first kappa shape index (κ1) is 13.0. The van der Waals surface area contributed by atoms with Gasteiger partial charge in [-0.3, -0.25) is 0 Å². The molecule has 13 heavy (non-hydrogen) atoms. The summed E-state index contributed by atoms with van der Waals surface area (Å²) < 4.78 is 0. The van der Waals surface area contributed by atoms with Gasteiger partial charge in [-0.2, -0.15) is 0 Å². The molecule has 6 heteroatoms. The SMILES string of the molecule is C[C@@H]1CCC[C@H](C)N1[N+]([O-])=N[O-].[Na+]. The van der Waals surface area contributed by atoms with Crippen molar-refractivity contribution in [2.45, 2.75) is 45.2 Å². The first-order chi connectivity index (χ1) is 5.66. The van der Waals surface area contributed by atoms with Gasteiger partial charge in [0.25, 0.3) is 0 Å². The molecule has 0 aromatic rings. The molecule has 0 radical (unpaired) electrons. The van der Waals surface area contributed by atoms with Gasteiger partial charge in [-0.1, -0.05) is 0 Å². The molecule has 0 spiro atoms.